The van der Waals surface area contributed by atoms with Crippen LogP contribution < -0.4 is 5.32 Å². The summed E-state index contributed by atoms with van der Waals surface area (Å²) in [7, 11) is 0. The molecule has 0 bridgehead atoms. The van der Waals surface area contributed by atoms with Crippen LogP contribution in [0.3, 0.4) is 0 Å². The van der Waals surface area contributed by atoms with Crippen molar-refractivity contribution < 1.29 is 14.7 Å². The molecule has 0 unspecified atom stereocenters. The van der Waals surface area contributed by atoms with E-state index in [1.54, 1.807) is 6.07 Å². The van der Waals surface area contributed by atoms with Gasteiger partial charge in [-0.15, -0.1) is 0 Å². The van der Waals surface area contributed by atoms with Gasteiger partial charge in [0.2, 0.25) is 0 Å². The number of nitrogens with one attached hydrogen (secondary N) is 1. The maximum atomic E-state index is 12.0. The van der Waals surface area contributed by atoms with Gasteiger partial charge in [-0.25, -0.2) is 4.98 Å². The van der Waals surface area contributed by atoms with Crippen molar-refractivity contribution in [2.75, 3.05) is 6.54 Å². The zero-order valence-corrected chi connectivity index (χ0v) is 12.1. The van der Waals surface area contributed by atoms with Crippen molar-refractivity contribution in [3.05, 3.63) is 41.0 Å². The largest absolute Gasteiger partial charge is 0.481 e. The number of carbonyl (C=O) groups is 2. The summed E-state index contributed by atoms with van der Waals surface area (Å²) in [5.74, 6) is -1.14. The Balaban J connectivity index is 1.98. The molecule has 1 aromatic heterocycles. The summed E-state index contributed by atoms with van der Waals surface area (Å²) in [6.45, 7) is 0.415. The normalized spacial score (nSPS) is 10.5. The summed E-state index contributed by atoms with van der Waals surface area (Å²) < 4.78 is 0. The number of pyridine rings is 1. The predicted octanol–water partition coefficient (Wildman–Crippen LogP) is 2.87. The highest BCUT2D eigenvalue weighted by Crippen LogP contribution is 2.22. The average Bonchev–Trinajstić information content (AvgIpc) is 2.46. The number of aromatic nitrogens is 1. The van der Waals surface area contributed by atoms with Crippen molar-refractivity contribution in [1.29, 1.82) is 0 Å². The molecule has 1 heterocycles. The number of unbranched alkanes of at least 4 members (excludes halogenated alkanes) is 1. The summed E-state index contributed by atoms with van der Waals surface area (Å²) in [6, 6.07) is 8.87. The quantitative estimate of drug-likeness (QED) is 0.804. The van der Waals surface area contributed by atoms with Gasteiger partial charge in [0.15, 0.2) is 0 Å². The molecular weight excluding hydrogens is 292 g/mol. The molecule has 0 saturated heterocycles. The van der Waals surface area contributed by atoms with Crippen LogP contribution in [0.2, 0.25) is 5.02 Å². The number of hydrogen-bond acceptors (Lipinski definition) is 3. The van der Waals surface area contributed by atoms with Crippen LogP contribution in [-0.2, 0) is 4.79 Å². The number of nitrogens with zero attached hydrogens (tertiary/aromatic N) is 1. The first-order valence-corrected chi connectivity index (χ1v) is 7.01. The van der Waals surface area contributed by atoms with Gasteiger partial charge in [-0.3, -0.25) is 9.59 Å². The molecule has 1 amide bonds. The minimum Gasteiger partial charge on any atom is -0.481 e. The lowest BCUT2D eigenvalue weighted by Gasteiger charge is -2.06. The highest BCUT2D eigenvalue weighted by molar-refractivity contribution is 6.35. The van der Waals surface area contributed by atoms with Crippen LogP contribution in [0, 0.1) is 0 Å². The summed E-state index contributed by atoms with van der Waals surface area (Å²) in [6.07, 6.45) is 1.25. The van der Waals surface area contributed by atoms with Crippen LogP contribution in [0.15, 0.2) is 30.3 Å². The Morgan fingerprint density at radius 2 is 2.00 bits per heavy atom. The Morgan fingerprint density at radius 1 is 1.24 bits per heavy atom. The number of fused-ring (bicyclic) bond motifs is 1. The van der Waals surface area contributed by atoms with Gasteiger partial charge in [0.05, 0.1) is 10.5 Å². The van der Waals surface area contributed by atoms with Crippen LogP contribution in [-0.4, -0.2) is 28.5 Å². The Morgan fingerprint density at radius 3 is 2.76 bits per heavy atom. The molecule has 0 saturated carbocycles. The SMILES string of the molecule is O=C(O)CCCCNC(=O)c1cc(Cl)c2ccccc2n1. The van der Waals surface area contributed by atoms with Gasteiger partial charge in [0.1, 0.15) is 5.69 Å². The Labute approximate surface area is 126 Å². The van der Waals surface area contributed by atoms with E-state index in [2.05, 4.69) is 10.3 Å². The molecular formula is C15H15ClN2O3. The van der Waals surface area contributed by atoms with E-state index in [0.29, 0.717) is 29.9 Å². The minimum absolute atomic E-state index is 0.107. The molecule has 2 rings (SSSR count). The molecule has 110 valence electrons. The molecule has 1 aromatic carbocycles. The second kappa shape index (κ2) is 7.04. The molecule has 21 heavy (non-hydrogen) atoms. The number of hydrogen-bond donors (Lipinski definition) is 2. The Hall–Kier alpha value is -2.14. The standard InChI is InChI=1S/C15H15ClN2O3/c16-11-9-13(18-12-6-2-1-5-10(11)12)15(21)17-8-4-3-7-14(19)20/h1-2,5-6,9H,3-4,7-8H2,(H,17,21)(H,19,20). The second-order valence-corrected chi connectivity index (χ2v) is 5.02. The van der Waals surface area contributed by atoms with Crippen molar-refractivity contribution >= 4 is 34.4 Å². The zero-order chi connectivity index (χ0) is 15.2. The number of para-hydroxylation sites is 1. The first-order chi connectivity index (χ1) is 10.1. The molecule has 0 aliphatic rings. The number of carbonyl (C=O) groups excluding carboxylic acids is 1. The van der Waals surface area contributed by atoms with Crippen LogP contribution in [0.5, 0.6) is 0 Å². The van der Waals surface area contributed by atoms with Gasteiger partial charge in [-0.2, -0.15) is 0 Å². The summed E-state index contributed by atoms with van der Waals surface area (Å²) in [5.41, 5.74) is 0.929. The van der Waals surface area contributed by atoms with E-state index in [1.165, 1.54) is 6.07 Å². The van der Waals surface area contributed by atoms with Gasteiger partial charge in [0, 0.05) is 18.4 Å². The number of benzene rings is 1. The molecule has 5 nitrogen and oxygen atoms in total. The lowest BCUT2D eigenvalue weighted by Crippen LogP contribution is -2.25. The Kier molecular flexibility index (Phi) is 5.11. The molecule has 6 heteroatoms. The van der Waals surface area contributed by atoms with E-state index in [9.17, 15) is 9.59 Å². The maximum absolute atomic E-state index is 12.0. The van der Waals surface area contributed by atoms with Crippen LogP contribution in [0.1, 0.15) is 29.8 Å². The molecule has 0 aliphatic carbocycles. The number of carboxylic acid groups (broad SMARTS) is 1. The number of rotatable bonds is 6. The third kappa shape index (κ3) is 4.16. The van der Waals surface area contributed by atoms with E-state index in [0.717, 1.165) is 5.39 Å². The lowest BCUT2D eigenvalue weighted by atomic mass is 10.2. The topological polar surface area (TPSA) is 79.3 Å². The molecule has 0 atom stereocenters. The highest BCUT2D eigenvalue weighted by atomic mass is 35.5. The van der Waals surface area contributed by atoms with Crippen molar-refractivity contribution in [3.8, 4) is 0 Å². The van der Waals surface area contributed by atoms with Crippen molar-refractivity contribution in [2.24, 2.45) is 0 Å². The zero-order valence-electron chi connectivity index (χ0n) is 11.3. The van der Waals surface area contributed by atoms with Gasteiger partial charge < -0.3 is 10.4 Å². The van der Waals surface area contributed by atoms with Crippen LogP contribution in [0.4, 0.5) is 0 Å². The molecule has 2 N–H and O–H groups in total. The first-order valence-electron chi connectivity index (χ1n) is 6.63. The van der Waals surface area contributed by atoms with Crippen molar-refractivity contribution in [2.45, 2.75) is 19.3 Å². The fourth-order valence-corrected chi connectivity index (χ4v) is 2.21. The van der Waals surface area contributed by atoms with Gasteiger partial charge in [0.25, 0.3) is 5.91 Å². The van der Waals surface area contributed by atoms with E-state index < -0.39 is 5.97 Å². The third-order valence-corrected chi connectivity index (χ3v) is 3.31. The number of aliphatic carboxylic acids is 1. The Bertz CT molecular complexity index is 673. The predicted molar refractivity (Wildman–Crippen MR) is 80.6 cm³/mol. The van der Waals surface area contributed by atoms with Gasteiger partial charge >= 0.3 is 5.97 Å². The van der Waals surface area contributed by atoms with E-state index >= 15 is 0 Å². The molecule has 0 spiro atoms. The van der Waals surface area contributed by atoms with Gasteiger partial charge in [-0.1, -0.05) is 29.8 Å². The summed E-state index contributed by atoms with van der Waals surface area (Å²) in [5, 5.41) is 12.5. The number of amides is 1. The summed E-state index contributed by atoms with van der Waals surface area (Å²) in [4.78, 5) is 26.6. The number of halogens is 1. The number of carboxylic acids is 1. The summed E-state index contributed by atoms with van der Waals surface area (Å²) >= 11 is 6.14. The van der Waals surface area contributed by atoms with Gasteiger partial charge in [-0.05, 0) is 25.0 Å². The molecule has 0 fully saturated rings. The first kappa shape index (κ1) is 15.3. The molecule has 0 aliphatic heterocycles. The lowest BCUT2D eigenvalue weighted by molar-refractivity contribution is -0.137. The van der Waals surface area contributed by atoms with Crippen molar-refractivity contribution in [3.63, 3.8) is 0 Å². The third-order valence-electron chi connectivity index (χ3n) is 3.00. The smallest absolute Gasteiger partial charge is 0.303 e. The van der Waals surface area contributed by atoms with E-state index in [1.807, 2.05) is 18.2 Å². The monoisotopic (exact) mass is 306 g/mol. The fraction of sp³-hybridized carbons (Fsp3) is 0.267. The molecule has 0 radical (unpaired) electrons. The minimum atomic E-state index is -0.829. The van der Waals surface area contributed by atoms with E-state index in [4.69, 9.17) is 16.7 Å². The van der Waals surface area contributed by atoms with Crippen LogP contribution >= 0.6 is 11.6 Å². The average molecular weight is 307 g/mol. The van der Waals surface area contributed by atoms with E-state index in [-0.39, 0.29) is 18.0 Å². The van der Waals surface area contributed by atoms with Crippen LogP contribution in [0.25, 0.3) is 10.9 Å². The van der Waals surface area contributed by atoms with Crippen molar-refractivity contribution in [1.82, 2.24) is 10.3 Å². The maximum Gasteiger partial charge on any atom is 0.303 e. The highest BCUT2D eigenvalue weighted by Gasteiger charge is 2.10. The molecule has 2 aromatic rings. The fourth-order valence-electron chi connectivity index (χ4n) is 1.94. The second-order valence-electron chi connectivity index (χ2n) is 4.61.